The fourth-order valence-electron chi connectivity index (χ4n) is 3.60. The van der Waals surface area contributed by atoms with Gasteiger partial charge in [0.1, 0.15) is 5.82 Å². The van der Waals surface area contributed by atoms with Crippen LogP contribution in [0, 0.1) is 5.41 Å². The Morgan fingerprint density at radius 3 is 2.70 bits per heavy atom. The van der Waals surface area contributed by atoms with Gasteiger partial charge in [0, 0.05) is 37.6 Å². The Kier molecular flexibility index (Phi) is 3.50. The molecular weight excluding hydrogens is 252 g/mol. The fraction of sp³-hybridized carbons (Fsp3) is 0.625. The minimum Gasteiger partial charge on any atom is -0.381 e. The van der Waals surface area contributed by atoms with Gasteiger partial charge in [-0.15, -0.1) is 0 Å². The quantitative estimate of drug-likeness (QED) is 0.778. The van der Waals surface area contributed by atoms with E-state index in [1.165, 1.54) is 6.42 Å². The summed E-state index contributed by atoms with van der Waals surface area (Å²) < 4.78 is 5.52. The van der Waals surface area contributed by atoms with Crippen molar-refractivity contribution < 1.29 is 9.53 Å². The van der Waals surface area contributed by atoms with E-state index < -0.39 is 0 Å². The molecular formula is C16H22N2O2. The van der Waals surface area contributed by atoms with E-state index in [9.17, 15) is 4.79 Å². The Balaban J connectivity index is 1.79. The maximum atomic E-state index is 11.3. The van der Waals surface area contributed by atoms with Crippen molar-refractivity contribution >= 4 is 11.6 Å². The van der Waals surface area contributed by atoms with Gasteiger partial charge in [0.25, 0.3) is 0 Å². The normalized spacial score (nSPS) is 25.1. The fourth-order valence-corrected chi connectivity index (χ4v) is 3.60. The van der Waals surface area contributed by atoms with Gasteiger partial charge < -0.3 is 9.64 Å². The van der Waals surface area contributed by atoms with E-state index >= 15 is 0 Å². The van der Waals surface area contributed by atoms with Gasteiger partial charge in [-0.1, -0.05) is 0 Å². The summed E-state index contributed by atoms with van der Waals surface area (Å²) in [5.41, 5.74) is 1.07. The predicted octanol–water partition coefficient (Wildman–Crippen LogP) is 2.68. The second kappa shape index (κ2) is 5.17. The Bertz CT molecular complexity index is 492. The summed E-state index contributed by atoms with van der Waals surface area (Å²) in [6.07, 6.45) is 5.21. The Labute approximate surface area is 120 Å². The van der Waals surface area contributed by atoms with Gasteiger partial charge >= 0.3 is 0 Å². The van der Waals surface area contributed by atoms with Gasteiger partial charge in [-0.05, 0) is 50.7 Å². The average Bonchev–Trinajstić information content (AvgIpc) is 2.77. The molecule has 4 nitrogen and oxygen atoms in total. The molecule has 0 aliphatic carbocycles. The van der Waals surface area contributed by atoms with Gasteiger partial charge in [0.15, 0.2) is 5.78 Å². The minimum atomic E-state index is 0.0689. The molecule has 1 atom stereocenters. The molecule has 0 radical (unpaired) electrons. The summed E-state index contributed by atoms with van der Waals surface area (Å²) in [5, 5.41) is 0. The summed E-state index contributed by atoms with van der Waals surface area (Å²) >= 11 is 0. The molecule has 1 spiro atoms. The maximum Gasteiger partial charge on any atom is 0.161 e. The molecule has 1 aromatic heterocycles. The van der Waals surface area contributed by atoms with Crippen LogP contribution in [0.1, 0.15) is 43.5 Å². The third-order valence-electron chi connectivity index (χ3n) is 5.14. The Morgan fingerprint density at radius 1 is 1.35 bits per heavy atom. The van der Waals surface area contributed by atoms with Crippen molar-refractivity contribution in [3.8, 4) is 0 Å². The second-order valence-electron chi connectivity index (χ2n) is 6.06. The minimum absolute atomic E-state index is 0.0689. The molecule has 2 fully saturated rings. The van der Waals surface area contributed by atoms with Crippen LogP contribution in [0.15, 0.2) is 18.3 Å². The molecule has 0 aromatic carbocycles. The van der Waals surface area contributed by atoms with E-state index in [0.29, 0.717) is 17.0 Å². The zero-order chi connectivity index (χ0) is 14.2. The zero-order valence-corrected chi connectivity index (χ0v) is 12.3. The molecule has 2 aliphatic heterocycles. The number of nitrogens with zero attached hydrogens (tertiary/aromatic N) is 2. The van der Waals surface area contributed by atoms with Crippen molar-refractivity contribution in [2.24, 2.45) is 5.41 Å². The van der Waals surface area contributed by atoms with E-state index in [2.05, 4.69) is 16.8 Å². The number of Topliss-reactive ketones (excluding diaryl/α,β-unsaturated/α-hetero) is 1. The van der Waals surface area contributed by atoms with Crippen LogP contribution in [0.3, 0.4) is 0 Å². The number of carbonyl (C=O) groups excluding carboxylic acids is 1. The van der Waals surface area contributed by atoms with Crippen LogP contribution in [0.2, 0.25) is 0 Å². The molecule has 4 heteroatoms. The maximum absolute atomic E-state index is 11.3. The lowest BCUT2D eigenvalue weighted by Gasteiger charge is -2.39. The highest BCUT2D eigenvalue weighted by Gasteiger charge is 2.45. The number of aromatic nitrogens is 1. The van der Waals surface area contributed by atoms with Crippen molar-refractivity contribution in [1.29, 1.82) is 0 Å². The first-order valence-corrected chi connectivity index (χ1v) is 7.44. The highest BCUT2D eigenvalue weighted by atomic mass is 16.5. The van der Waals surface area contributed by atoms with Gasteiger partial charge in [-0.3, -0.25) is 4.79 Å². The molecule has 2 saturated heterocycles. The van der Waals surface area contributed by atoms with E-state index in [1.54, 1.807) is 13.1 Å². The van der Waals surface area contributed by atoms with Crippen molar-refractivity contribution in [3.05, 3.63) is 23.9 Å². The summed E-state index contributed by atoms with van der Waals surface area (Å²) in [7, 11) is 0. The second-order valence-corrected chi connectivity index (χ2v) is 6.06. The molecule has 3 heterocycles. The van der Waals surface area contributed by atoms with E-state index in [0.717, 1.165) is 38.4 Å². The monoisotopic (exact) mass is 274 g/mol. The number of ether oxygens (including phenoxy) is 1. The summed E-state index contributed by atoms with van der Waals surface area (Å²) in [6, 6.07) is 4.35. The van der Waals surface area contributed by atoms with Crippen molar-refractivity contribution in [2.75, 3.05) is 24.7 Å². The summed E-state index contributed by atoms with van der Waals surface area (Å²) in [4.78, 5) is 18.2. The molecule has 0 N–H and O–H groups in total. The molecule has 0 bridgehead atoms. The van der Waals surface area contributed by atoms with Crippen LogP contribution in [0.25, 0.3) is 0 Å². The number of carbonyl (C=O) groups is 1. The van der Waals surface area contributed by atoms with E-state index in [-0.39, 0.29) is 5.78 Å². The third kappa shape index (κ3) is 2.22. The van der Waals surface area contributed by atoms with Gasteiger partial charge in [0.05, 0.1) is 0 Å². The van der Waals surface area contributed by atoms with Crippen LogP contribution in [0.4, 0.5) is 5.82 Å². The van der Waals surface area contributed by atoms with Gasteiger partial charge in [0.2, 0.25) is 0 Å². The zero-order valence-electron chi connectivity index (χ0n) is 12.3. The first-order chi connectivity index (χ1) is 9.62. The highest BCUT2D eigenvalue weighted by molar-refractivity contribution is 5.93. The van der Waals surface area contributed by atoms with Crippen molar-refractivity contribution in [1.82, 2.24) is 4.98 Å². The lowest BCUT2D eigenvalue weighted by atomic mass is 9.74. The Hall–Kier alpha value is -1.42. The van der Waals surface area contributed by atoms with Crippen LogP contribution in [-0.2, 0) is 4.74 Å². The molecule has 20 heavy (non-hydrogen) atoms. The smallest absolute Gasteiger partial charge is 0.161 e. The molecule has 0 amide bonds. The molecule has 1 aromatic rings. The molecule has 108 valence electrons. The number of pyridine rings is 1. The number of hydrogen-bond donors (Lipinski definition) is 0. The first-order valence-electron chi connectivity index (χ1n) is 7.44. The highest BCUT2D eigenvalue weighted by Crippen LogP contribution is 2.45. The van der Waals surface area contributed by atoms with E-state index in [1.807, 2.05) is 12.1 Å². The number of rotatable bonds is 2. The van der Waals surface area contributed by atoms with Crippen molar-refractivity contribution in [2.45, 2.75) is 39.2 Å². The SMILES string of the molecule is CC(=O)c1ccc(N2CCC3(CCOCC3)[C@H]2C)nc1. The molecule has 3 rings (SSSR count). The third-order valence-corrected chi connectivity index (χ3v) is 5.14. The average molecular weight is 274 g/mol. The predicted molar refractivity (Wildman–Crippen MR) is 78.2 cm³/mol. The van der Waals surface area contributed by atoms with Crippen LogP contribution >= 0.6 is 0 Å². The van der Waals surface area contributed by atoms with Crippen LogP contribution in [-0.4, -0.2) is 36.6 Å². The van der Waals surface area contributed by atoms with Gasteiger partial charge in [-0.25, -0.2) is 4.98 Å². The summed E-state index contributed by atoms with van der Waals surface area (Å²) in [6.45, 7) is 6.70. The number of ketones is 1. The topological polar surface area (TPSA) is 42.4 Å². The van der Waals surface area contributed by atoms with Crippen molar-refractivity contribution in [3.63, 3.8) is 0 Å². The molecule has 0 unspecified atom stereocenters. The number of hydrogen-bond acceptors (Lipinski definition) is 4. The van der Waals surface area contributed by atoms with Crippen LogP contribution in [0.5, 0.6) is 0 Å². The number of anilines is 1. The molecule has 2 aliphatic rings. The Morgan fingerprint density at radius 2 is 2.10 bits per heavy atom. The van der Waals surface area contributed by atoms with Gasteiger partial charge in [-0.2, -0.15) is 0 Å². The summed E-state index contributed by atoms with van der Waals surface area (Å²) in [5.74, 6) is 1.06. The van der Waals surface area contributed by atoms with E-state index in [4.69, 9.17) is 4.74 Å². The first kappa shape index (κ1) is 13.6. The lowest BCUT2D eigenvalue weighted by Crippen LogP contribution is -2.41. The lowest BCUT2D eigenvalue weighted by molar-refractivity contribution is 0.0128. The largest absolute Gasteiger partial charge is 0.381 e. The standard InChI is InChI=1S/C16H22N2O2/c1-12(19)14-3-4-15(17-11-14)18-8-5-16(13(18)2)6-9-20-10-7-16/h3-4,11,13H,5-10H2,1-2H3/t13-/m1/s1. The van der Waals surface area contributed by atoms with Crippen LogP contribution < -0.4 is 4.90 Å². The molecule has 0 saturated carbocycles.